The number of hydrogen-bond acceptors (Lipinski definition) is 5. The zero-order valence-electron chi connectivity index (χ0n) is 16.6. The molecule has 0 fully saturated rings. The van der Waals surface area contributed by atoms with Gasteiger partial charge in [-0.2, -0.15) is 5.26 Å². The Balaban J connectivity index is 1.84. The zero-order chi connectivity index (χ0) is 21.4. The first-order valence-corrected chi connectivity index (χ1v) is 9.10. The number of hydrogen-bond donors (Lipinski definition) is 2. The summed E-state index contributed by atoms with van der Waals surface area (Å²) in [5, 5.41) is 13.8. The Bertz CT molecular complexity index is 946. The van der Waals surface area contributed by atoms with Crippen LogP contribution in [0, 0.1) is 25.2 Å². The minimum absolute atomic E-state index is 0.211. The lowest BCUT2D eigenvalue weighted by Gasteiger charge is -2.16. The van der Waals surface area contributed by atoms with E-state index >= 15 is 0 Å². The highest BCUT2D eigenvalue weighted by atomic mass is 16.5. The van der Waals surface area contributed by atoms with Crippen LogP contribution in [0.2, 0.25) is 0 Å². The van der Waals surface area contributed by atoms with Crippen molar-refractivity contribution in [3.8, 4) is 6.07 Å². The quantitative estimate of drug-likeness (QED) is 0.702. The van der Waals surface area contributed by atoms with Crippen molar-refractivity contribution in [2.75, 3.05) is 11.9 Å². The molecule has 0 saturated heterocycles. The van der Waals surface area contributed by atoms with Crippen LogP contribution in [-0.2, 0) is 14.3 Å². The summed E-state index contributed by atoms with van der Waals surface area (Å²) < 4.78 is 5.05. The van der Waals surface area contributed by atoms with Crippen molar-refractivity contribution in [1.82, 2.24) is 5.32 Å². The third kappa shape index (κ3) is 6.47. The fourth-order valence-corrected chi connectivity index (χ4v) is 2.58. The van der Waals surface area contributed by atoms with Gasteiger partial charge in [-0.1, -0.05) is 18.2 Å². The van der Waals surface area contributed by atoms with Crippen LogP contribution < -0.4 is 10.6 Å². The Labute approximate surface area is 169 Å². The number of rotatable bonds is 7. The number of carbonyl (C=O) groups excluding carboxylic acids is 3. The maximum absolute atomic E-state index is 12.1. The van der Waals surface area contributed by atoms with Crippen molar-refractivity contribution in [3.05, 3.63) is 64.7 Å². The number of nitriles is 1. The second-order valence-electron chi connectivity index (χ2n) is 6.67. The van der Waals surface area contributed by atoms with Crippen molar-refractivity contribution in [2.45, 2.75) is 33.2 Å². The van der Waals surface area contributed by atoms with Crippen molar-refractivity contribution in [2.24, 2.45) is 0 Å². The van der Waals surface area contributed by atoms with Crippen LogP contribution >= 0.6 is 0 Å². The molecule has 0 unspecified atom stereocenters. The van der Waals surface area contributed by atoms with E-state index in [1.165, 1.54) is 29.8 Å². The summed E-state index contributed by atoms with van der Waals surface area (Å²) in [7, 11) is 0. The molecule has 0 aliphatic rings. The molecule has 0 aliphatic heterocycles. The van der Waals surface area contributed by atoms with Gasteiger partial charge in [0, 0.05) is 5.69 Å². The molecule has 0 heterocycles. The van der Waals surface area contributed by atoms with Gasteiger partial charge in [0.25, 0.3) is 5.91 Å². The van der Waals surface area contributed by atoms with E-state index in [0.29, 0.717) is 5.69 Å². The Morgan fingerprint density at radius 2 is 1.72 bits per heavy atom. The summed E-state index contributed by atoms with van der Waals surface area (Å²) in [6.45, 7) is 5.50. The average Bonchev–Trinajstić information content (AvgIpc) is 2.69. The van der Waals surface area contributed by atoms with E-state index in [0.717, 1.165) is 11.1 Å². The molecule has 2 aromatic rings. The Hall–Kier alpha value is -3.66. The van der Waals surface area contributed by atoms with E-state index in [1.54, 1.807) is 6.07 Å². The van der Waals surface area contributed by atoms with E-state index < -0.39 is 24.4 Å². The van der Waals surface area contributed by atoms with Gasteiger partial charge < -0.3 is 15.4 Å². The second-order valence-corrected chi connectivity index (χ2v) is 6.67. The van der Waals surface area contributed by atoms with Crippen LogP contribution in [0.25, 0.3) is 0 Å². The number of benzene rings is 2. The molecule has 1 atom stereocenters. The second kappa shape index (κ2) is 10.0. The SMILES string of the molecule is Cc1ccc([C@H](C)NC(=O)COC(=O)c2ccc(NC(=O)CC#N)cc2)cc1C. The highest BCUT2D eigenvalue weighted by molar-refractivity contribution is 5.94. The molecular weight excluding hydrogens is 370 g/mol. The first kappa shape index (κ1) is 21.6. The molecule has 2 amide bonds. The molecule has 2 N–H and O–H groups in total. The zero-order valence-corrected chi connectivity index (χ0v) is 16.6. The molecular formula is C22H23N3O4. The van der Waals surface area contributed by atoms with Gasteiger partial charge in [0.05, 0.1) is 17.7 Å². The number of aryl methyl sites for hydroxylation is 2. The van der Waals surface area contributed by atoms with Gasteiger partial charge in [-0.3, -0.25) is 9.59 Å². The lowest BCUT2D eigenvalue weighted by molar-refractivity contribution is -0.124. The minimum atomic E-state index is -0.645. The molecule has 0 aliphatic carbocycles. The molecule has 7 heteroatoms. The first-order valence-electron chi connectivity index (χ1n) is 9.10. The number of nitrogens with one attached hydrogen (secondary N) is 2. The van der Waals surface area contributed by atoms with Crippen LogP contribution in [0.4, 0.5) is 5.69 Å². The average molecular weight is 393 g/mol. The summed E-state index contributed by atoms with van der Waals surface area (Å²) in [4.78, 5) is 35.5. The third-order valence-electron chi connectivity index (χ3n) is 4.39. The predicted molar refractivity (Wildman–Crippen MR) is 108 cm³/mol. The number of esters is 1. The van der Waals surface area contributed by atoms with Gasteiger partial charge in [-0.05, 0) is 61.7 Å². The smallest absolute Gasteiger partial charge is 0.338 e. The van der Waals surface area contributed by atoms with Gasteiger partial charge in [0.15, 0.2) is 6.61 Å². The maximum atomic E-state index is 12.1. The van der Waals surface area contributed by atoms with Gasteiger partial charge in [0.2, 0.25) is 5.91 Å². The maximum Gasteiger partial charge on any atom is 0.338 e. The van der Waals surface area contributed by atoms with Crippen LogP contribution in [0.15, 0.2) is 42.5 Å². The molecule has 0 saturated carbocycles. The summed E-state index contributed by atoms with van der Waals surface area (Å²) in [6, 6.07) is 13.5. The summed E-state index contributed by atoms with van der Waals surface area (Å²) in [5.41, 5.74) is 4.00. The molecule has 2 aromatic carbocycles. The Kier molecular flexibility index (Phi) is 7.49. The Morgan fingerprint density at radius 3 is 2.34 bits per heavy atom. The van der Waals surface area contributed by atoms with Crippen LogP contribution in [-0.4, -0.2) is 24.4 Å². The number of nitrogens with zero attached hydrogens (tertiary/aromatic N) is 1. The minimum Gasteiger partial charge on any atom is -0.452 e. The van der Waals surface area contributed by atoms with E-state index in [-0.39, 0.29) is 18.0 Å². The van der Waals surface area contributed by atoms with Crippen LogP contribution in [0.5, 0.6) is 0 Å². The van der Waals surface area contributed by atoms with Gasteiger partial charge in [-0.15, -0.1) is 0 Å². The van der Waals surface area contributed by atoms with Crippen LogP contribution in [0.3, 0.4) is 0 Å². The number of anilines is 1. The molecule has 0 radical (unpaired) electrons. The van der Waals surface area contributed by atoms with Crippen molar-refractivity contribution >= 4 is 23.5 Å². The number of amides is 2. The summed E-state index contributed by atoms with van der Waals surface area (Å²) >= 11 is 0. The van der Waals surface area contributed by atoms with E-state index in [9.17, 15) is 14.4 Å². The molecule has 0 bridgehead atoms. The monoisotopic (exact) mass is 393 g/mol. The normalized spacial score (nSPS) is 11.1. The lowest BCUT2D eigenvalue weighted by atomic mass is 10.0. The molecule has 0 aromatic heterocycles. The summed E-state index contributed by atoms with van der Waals surface area (Å²) in [6.07, 6.45) is -0.251. The van der Waals surface area contributed by atoms with E-state index in [4.69, 9.17) is 10.00 Å². The van der Waals surface area contributed by atoms with Crippen molar-refractivity contribution in [3.63, 3.8) is 0 Å². The molecule has 7 nitrogen and oxygen atoms in total. The standard InChI is InChI=1S/C22H23N3O4/c1-14-4-5-18(12-15(14)2)16(3)24-21(27)13-29-22(28)17-6-8-19(9-7-17)25-20(26)10-11-23/h4-9,12,16H,10,13H2,1-3H3,(H,24,27)(H,25,26)/t16-/m0/s1. The number of ether oxygens (including phenoxy) is 1. The Morgan fingerprint density at radius 1 is 1.03 bits per heavy atom. The van der Waals surface area contributed by atoms with Crippen LogP contribution in [0.1, 0.15) is 46.4 Å². The first-order chi connectivity index (χ1) is 13.8. The predicted octanol–water partition coefficient (Wildman–Crippen LogP) is 3.19. The highest BCUT2D eigenvalue weighted by Gasteiger charge is 2.14. The van der Waals surface area contributed by atoms with Gasteiger partial charge in [0.1, 0.15) is 6.42 Å². The molecule has 2 rings (SSSR count). The topological polar surface area (TPSA) is 108 Å². The summed E-state index contributed by atoms with van der Waals surface area (Å²) in [5.74, 6) is -1.48. The fourth-order valence-electron chi connectivity index (χ4n) is 2.58. The van der Waals surface area contributed by atoms with Crippen molar-refractivity contribution in [1.29, 1.82) is 5.26 Å². The number of carbonyl (C=O) groups is 3. The lowest BCUT2D eigenvalue weighted by Crippen LogP contribution is -2.31. The van der Waals surface area contributed by atoms with E-state index in [2.05, 4.69) is 10.6 Å². The molecule has 150 valence electrons. The largest absolute Gasteiger partial charge is 0.452 e. The fraction of sp³-hybridized carbons (Fsp3) is 0.273. The highest BCUT2D eigenvalue weighted by Crippen LogP contribution is 2.16. The molecule has 29 heavy (non-hydrogen) atoms. The third-order valence-corrected chi connectivity index (χ3v) is 4.39. The van der Waals surface area contributed by atoms with Gasteiger partial charge in [-0.25, -0.2) is 4.79 Å². The van der Waals surface area contributed by atoms with Crippen molar-refractivity contribution < 1.29 is 19.1 Å². The van der Waals surface area contributed by atoms with Gasteiger partial charge >= 0.3 is 5.97 Å². The molecule has 0 spiro atoms. The van der Waals surface area contributed by atoms with E-state index in [1.807, 2.05) is 39.0 Å².